The zero-order valence-corrected chi connectivity index (χ0v) is 15.2. The summed E-state index contributed by atoms with van der Waals surface area (Å²) in [5.41, 5.74) is 1.76. The van der Waals surface area contributed by atoms with E-state index in [9.17, 15) is 0 Å². The number of guanidine groups is 1. The van der Waals surface area contributed by atoms with Crippen LogP contribution in [0, 0.1) is 5.92 Å². The average Bonchev–Trinajstić information content (AvgIpc) is 3.05. The minimum absolute atomic E-state index is 0.297. The third-order valence-electron chi connectivity index (χ3n) is 5.89. The van der Waals surface area contributed by atoms with Crippen molar-refractivity contribution in [2.45, 2.75) is 38.0 Å². The fraction of sp³-hybridized carbons (Fsp3) is 0.650. The van der Waals surface area contributed by atoms with E-state index in [-0.39, 0.29) is 0 Å². The van der Waals surface area contributed by atoms with Crippen molar-refractivity contribution < 1.29 is 0 Å². The van der Waals surface area contributed by atoms with Crippen molar-refractivity contribution >= 4 is 5.96 Å². The van der Waals surface area contributed by atoms with Crippen molar-refractivity contribution in [1.82, 2.24) is 15.5 Å². The van der Waals surface area contributed by atoms with Crippen LogP contribution in [0.1, 0.15) is 38.2 Å². The Balaban J connectivity index is 1.49. The Morgan fingerprint density at radius 1 is 1.25 bits per heavy atom. The van der Waals surface area contributed by atoms with Crippen LogP contribution in [-0.2, 0) is 5.41 Å². The molecule has 0 spiro atoms. The molecule has 2 aliphatic rings. The van der Waals surface area contributed by atoms with Crippen molar-refractivity contribution in [3.63, 3.8) is 0 Å². The number of nitrogens with zero attached hydrogens (tertiary/aromatic N) is 2. The minimum Gasteiger partial charge on any atom is -0.356 e. The SMILES string of the molecule is CCN1CCC(CNC(=NC)NCC2(c3ccccc3)CCC2)C1. The molecule has 3 rings (SSSR count). The molecule has 1 aliphatic heterocycles. The lowest BCUT2D eigenvalue weighted by Crippen LogP contribution is -2.49. The van der Waals surface area contributed by atoms with Gasteiger partial charge in [0.05, 0.1) is 0 Å². The van der Waals surface area contributed by atoms with Gasteiger partial charge in [0.15, 0.2) is 5.96 Å². The quantitative estimate of drug-likeness (QED) is 0.623. The van der Waals surface area contributed by atoms with E-state index in [0.29, 0.717) is 5.41 Å². The predicted octanol–water partition coefficient (Wildman–Crippen LogP) is 2.62. The van der Waals surface area contributed by atoms with Crippen LogP contribution in [0.15, 0.2) is 35.3 Å². The van der Waals surface area contributed by atoms with E-state index in [2.05, 4.69) is 57.8 Å². The van der Waals surface area contributed by atoms with Gasteiger partial charge in [-0.05, 0) is 43.8 Å². The average molecular weight is 329 g/mol. The first-order valence-electron chi connectivity index (χ1n) is 9.48. The van der Waals surface area contributed by atoms with Gasteiger partial charge < -0.3 is 15.5 Å². The third kappa shape index (κ3) is 3.92. The standard InChI is InChI=1S/C20H32N4/c1-3-24-13-10-17(15-24)14-22-19(21-2)23-16-20(11-7-12-20)18-8-5-4-6-9-18/h4-6,8-9,17H,3,7,10-16H2,1-2H3,(H2,21,22,23). The molecule has 132 valence electrons. The Hall–Kier alpha value is -1.55. The molecule has 0 aromatic heterocycles. The zero-order chi connectivity index (χ0) is 16.8. The van der Waals surface area contributed by atoms with Gasteiger partial charge in [-0.25, -0.2) is 0 Å². The van der Waals surface area contributed by atoms with Crippen molar-refractivity contribution in [2.75, 3.05) is 39.8 Å². The molecule has 1 aromatic carbocycles. The summed E-state index contributed by atoms with van der Waals surface area (Å²) in [5.74, 6) is 1.70. The maximum Gasteiger partial charge on any atom is 0.191 e. The van der Waals surface area contributed by atoms with E-state index in [4.69, 9.17) is 0 Å². The predicted molar refractivity (Wildman–Crippen MR) is 102 cm³/mol. The second kappa shape index (κ2) is 8.02. The summed E-state index contributed by atoms with van der Waals surface area (Å²) < 4.78 is 0. The molecular formula is C20H32N4. The lowest BCUT2D eigenvalue weighted by atomic mass is 9.64. The maximum atomic E-state index is 4.42. The van der Waals surface area contributed by atoms with Gasteiger partial charge in [-0.15, -0.1) is 0 Å². The summed E-state index contributed by atoms with van der Waals surface area (Å²) in [4.78, 5) is 6.95. The Kier molecular flexibility index (Phi) is 5.77. The molecule has 4 nitrogen and oxygen atoms in total. The maximum absolute atomic E-state index is 4.42. The number of likely N-dealkylation sites (tertiary alicyclic amines) is 1. The van der Waals surface area contributed by atoms with E-state index in [1.54, 1.807) is 0 Å². The number of aliphatic imine (C=N–C) groups is 1. The van der Waals surface area contributed by atoms with Gasteiger partial charge in [-0.2, -0.15) is 0 Å². The summed E-state index contributed by atoms with van der Waals surface area (Å²) in [6, 6.07) is 11.0. The van der Waals surface area contributed by atoms with Crippen molar-refractivity contribution in [3.05, 3.63) is 35.9 Å². The van der Waals surface area contributed by atoms with E-state index in [1.165, 1.54) is 50.9 Å². The molecule has 2 N–H and O–H groups in total. The van der Waals surface area contributed by atoms with Gasteiger partial charge in [-0.3, -0.25) is 4.99 Å². The summed E-state index contributed by atoms with van der Waals surface area (Å²) in [5, 5.41) is 7.13. The van der Waals surface area contributed by atoms with Crippen LogP contribution in [0.2, 0.25) is 0 Å². The van der Waals surface area contributed by atoms with Crippen LogP contribution in [0.25, 0.3) is 0 Å². The Bertz CT molecular complexity index is 536. The van der Waals surface area contributed by atoms with Crippen LogP contribution >= 0.6 is 0 Å². The monoisotopic (exact) mass is 328 g/mol. The molecule has 1 unspecified atom stereocenters. The molecule has 0 amide bonds. The minimum atomic E-state index is 0.297. The highest BCUT2D eigenvalue weighted by Crippen LogP contribution is 2.43. The second-order valence-electron chi connectivity index (χ2n) is 7.35. The smallest absolute Gasteiger partial charge is 0.191 e. The van der Waals surface area contributed by atoms with Gasteiger partial charge in [0.1, 0.15) is 0 Å². The molecular weight excluding hydrogens is 296 g/mol. The van der Waals surface area contributed by atoms with Crippen LogP contribution in [-0.4, -0.2) is 50.6 Å². The Morgan fingerprint density at radius 3 is 2.62 bits per heavy atom. The number of hydrogen-bond acceptors (Lipinski definition) is 2. The lowest BCUT2D eigenvalue weighted by molar-refractivity contribution is 0.243. The summed E-state index contributed by atoms with van der Waals surface area (Å²) in [7, 11) is 1.87. The molecule has 4 heteroatoms. The van der Waals surface area contributed by atoms with E-state index in [0.717, 1.165) is 25.0 Å². The fourth-order valence-electron chi connectivity index (χ4n) is 4.04. The number of nitrogens with one attached hydrogen (secondary N) is 2. The molecule has 1 saturated heterocycles. The third-order valence-corrected chi connectivity index (χ3v) is 5.89. The fourth-order valence-corrected chi connectivity index (χ4v) is 4.04. The Labute approximate surface area is 146 Å². The summed E-state index contributed by atoms with van der Waals surface area (Å²) in [6.07, 6.45) is 5.17. The summed E-state index contributed by atoms with van der Waals surface area (Å²) in [6.45, 7) is 7.87. The van der Waals surface area contributed by atoms with Crippen LogP contribution in [0.4, 0.5) is 0 Å². The van der Waals surface area contributed by atoms with Gasteiger partial charge in [0.25, 0.3) is 0 Å². The van der Waals surface area contributed by atoms with Crippen molar-refractivity contribution in [2.24, 2.45) is 10.9 Å². The highest BCUT2D eigenvalue weighted by atomic mass is 15.2. The number of hydrogen-bond donors (Lipinski definition) is 2. The first-order valence-corrected chi connectivity index (χ1v) is 9.48. The molecule has 1 aromatic rings. The molecule has 1 saturated carbocycles. The first kappa shape index (κ1) is 17.3. The van der Waals surface area contributed by atoms with Gasteiger partial charge in [0.2, 0.25) is 0 Å². The van der Waals surface area contributed by atoms with Crippen LogP contribution in [0.3, 0.4) is 0 Å². The first-order chi connectivity index (χ1) is 11.8. The highest BCUT2D eigenvalue weighted by molar-refractivity contribution is 5.79. The van der Waals surface area contributed by atoms with Crippen LogP contribution < -0.4 is 10.6 Å². The zero-order valence-electron chi connectivity index (χ0n) is 15.2. The normalized spacial score (nSPS) is 23.8. The largest absolute Gasteiger partial charge is 0.356 e. The second-order valence-corrected chi connectivity index (χ2v) is 7.35. The summed E-state index contributed by atoms with van der Waals surface area (Å²) >= 11 is 0. The van der Waals surface area contributed by atoms with Gasteiger partial charge in [-0.1, -0.05) is 43.7 Å². The molecule has 1 aliphatic carbocycles. The lowest BCUT2D eigenvalue weighted by Gasteiger charge is -2.43. The van der Waals surface area contributed by atoms with Gasteiger partial charge in [0, 0.05) is 32.1 Å². The van der Waals surface area contributed by atoms with E-state index < -0.39 is 0 Å². The molecule has 1 atom stereocenters. The van der Waals surface area contributed by atoms with Crippen molar-refractivity contribution in [3.8, 4) is 0 Å². The Morgan fingerprint density at radius 2 is 2.04 bits per heavy atom. The molecule has 1 heterocycles. The number of benzene rings is 1. The van der Waals surface area contributed by atoms with Gasteiger partial charge >= 0.3 is 0 Å². The van der Waals surface area contributed by atoms with Crippen LogP contribution in [0.5, 0.6) is 0 Å². The molecule has 0 radical (unpaired) electrons. The van der Waals surface area contributed by atoms with E-state index >= 15 is 0 Å². The topological polar surface area (TPSA) is 39.7 Å². The van der Waals surface area contributed by atoms with E-state index in [1.807, 2.05) is 7.05 Å². The van der Waals surface area contributed by atoms with Crippen molar-refractivity contribution in [1.29, 1.82) is 0 Å². The molecule has 0 bridgehead atoms. The number of rotatable bonds is 6. The molecule has 2 fully saturated rings. The highest BCUT2D eigenvalue weighted by Gasteiger charge is 2.38. The molecule has 24 heavy (non-hydrogen) atoms.